The minimum atomic E-state index is -0.757. The van der Waals surface area contributed by atoms with Crippen molar-refractivity contribution >= 4 is 5.97 Å². The van der Waals surface area contributed by atoms with Gasteiger partial charge in [0.2, 0.25) is 0 Å². The van der Waals surface area contributed by atoms with Crippen LogP contribution in [0.3, 0.4) is 0 Å². The molecular formula is C17H31O4Ti. The van der Waals surface area contributed by atoms with E-state index < -0.39 is 11.4 Å². The van der Waals surface area contributed by atoms with Crippen molar-refractivity contribution in [2.45, 2.75) is 55.4 Å². The molecule has 1 aliphatic rings. The molecule has 0 atom stereocenters. The molecule has 0 aromatic carbocycles. The normalized spacial score (nSPS) is 14.8. The van der Waals surface area contributed by atoms with Gasteiger partial charge in [0.25, 0.3) is 0 Å². The maximum atomic E-state index is 10.0. The Bertz CT molecular complexity index is 375. The van der Waals surface area contributed by atoms with Crippen LogP contribution >= 0.6 is 0 Å². The second-order valence-electron chi connectivity index (χ2n) is 6.18. The van der Waals surface area contributed by atoms with E-state index in [0.29, 0.717) is 0 Å². The Morgan fingerprint density at radius 2 is 1.32 bits per heavy atom. The second-order valence-corrected chi connectivity index (χ2v) is 6.18. The number of hydrogen-bond acceptors (Lipinski definition) is 3. The Hall–Kier alpha value is -0.416. The van der Waals surface area contributed by atoms with Gasteiger partial charge in [0.05, 0.1) is 5.41 Å². The molecule has 0 heterocycles. The number of rotatable bonds is 0. The van der Waals surface area contributed by atoms with Gasteiger partial charge in [-0.3, -0.25) is 10.9 Å². The first-order valence-corrected chi connectivity index (χ1v) is 6.74. The molecule has 1 rings (SSSR count). The summed E-state index contributed by atoms with van der Waals surface area (Å²) in [6.07, 6.45) is 3.44. The zero-order valence-corrected chi connectivity index (χ0v) is 17.2. The molecule has 0 aromatic heterocycles. The summed E-state index contributed by atoms with van der Waals surface area (Å²) in [5.41, 5.74) is 3.81. The molecule has 1 radical (unpaired) electrons. The van der Waals surface area contributed by atoms with Gasteiger partial charge in [0.15, 0.2) is 0 Å². The summed E-state index contributed by atoms with van der Waals surface area (Å²) in [6, 6.07) is 0. The van der Waals surface area contributed by atoms with Crippen LogP contribution in [0.5, 0.6) is 0 Å². The third kappa shape index (κ3) is 11.2. The van der Waals surface area contributed by atoms with E-state index in [2.05, 4.69) is 40.7 Å². The Kier molecular flexibility index (Phi) is 17.6. The molecule has 22 heavy (non-hydrogen) atoms. The largest absolute Gasteiger partial charge is 3.00 e. The zero-order valence-electron chi connectivity index (χ0n) is 15.7. The molecule has 1 aliphatic carbocycles. The SMILES string of the molecule is CC(C)(C)C(=O)O.CC1=[C-]C(C)(C)C(C)=C1C.C[O-].C[O-].[Ti+3]. The van der Waals surface area contributed by atoms with Crippen LogP contribution in [0.2, 0.25) is 0 Å². The number of carbonyl (C=O) groups is 1. The van der Waals surface area contributed by atoms with Gasteiger partial charge in [-0.1, -0.05) is 33.1 Å². The van der Waals surface area contributed by atoms with Crippen molar-refractivity contribution in [3.63, 3.8) is 0 Å². The second kappa shape index (κ2) is 13.1. The van der Waals surface area contributed by atoms with E-state index in [1.54, 1.807) is 20.8 Å². The van der Waals surface area contributed by atoms with Gasteiger partial charge < -0.3 is 15.3 Å². The summed E-state index contributed by atoms with van der Waals surface area (Å²) in [5.74, 6) is -0.757. The number of aliphatic carboxylic acids is 1. The van der Waals surface area contributed by atoms with E-state index >= 15 is 0 Å². The molecule has 0 saturated carbocycles. The van der Waals surface area contributed by atoms with E-state index in [0.717, 1.165) is 14.2 Å². The summed E-state index contributed by atoms with van der Waals surface area (Å²) in [6.45, 7) is 15.9. The molecule has 0 aromatic rings. The van der Waals surface area contributed by atoms with Crippen LogP contribution in [-0.4, -0.2) is 25.3 Å². The van der Waals surface area contributed by atoms with E-state index in [9.17, 15) is 4.79 Å². The average Bonchev–Trinajstić information content (AvgIpc) is 2.56. The van der Waals surface area contributed by atoms with Crippen LogP contribution in [0.1, 0.15) is 55.4 Å². The number of allylic oxidation sites excluding steroid dienone is 4. The van der Waals surface area contributed by atoms with Crippen LogP contribution in [0.4, 0.5) is 0 Å². The van der Waals surface area contributed by atoms with E-state index in [1.165, 1.54) is 16.7 Å². The van der Waals surface area contributed by atoms with Crippen LogP contribution < -0.4 is 10.2 Å². The molecule has 0 fully saturated rings. The minimum absolute atomic E-state index is 0. The monoisotopic (exact) mass is 347 g/mol. The van der Waals surface area contributed by atoms with Gasteiger partial charge >= 0.3 is 27.7 Å². The van der Waals surface area contributed by atoms with E-state index in [1.807, 2.05) is 0 Å². The van der Waals surface area contributed by atoms with Crippen LogP contribution in [0.15, 0.2) is 16.7 Å². The fourth-order valence-electron chi connectivity index (χ4n) is 1.41. The molecule has 0 unspecified atom stereocenters. The topological polar surface area (TPSA) is 83.4 Å². The molecule has 1 N–H and O–H groups in total. The van der Waals surface area contributed by atoms with Crippen LogP contribution in [0, 0.1) is 16.9 Å². The Morgan fingerprint density at radius 1 is 1.05 bits per heavy atom. The molecule has 0 saturated heterocycles. The Labute approximate surface area is 151 Å². The fourth-order valence-corrected chi connectivity index (χ4v) is 1.41. The number of carboxylic acids is 1. The van der Waals surface area contributed by atoms with Gasteiger partial charge in [-0.25, -0.2) is 5.57 Å². The summed E-state index contributed by atoms with van der Waals surface area (Å²) in [7, 11) is 1.50. The molecule has 0 aliphatic heterocycles. The summed E-state index contributed by atoms with van der Waals surface area (Å²) in [4.78, 5) is 10.0. The quantitative estimate of drug-likeness (QED) is 0.538. The van der Waals surface area contributed by atoms with Crippen LogP contribution in [0.25, 0.3) is 0 Å². The third-order valence-electron chi connectivity index (χ3n) is 3.20. The van der Waals surface area contributed by atoms with Crippen molar-refractivity contribution in [1.82, 2.24) is 0 Å². The Morgan fingerprint density at radius 3 is 1.36 bits per heavy atom. The minimum Gasteiger partial charge on any atom is -0.857 e. The molecule has 0 spiro atoms. The first-order chi connectivity index (χ1) is 9.39. The first-order valence-electron chi connectivity index (χ1n) is 6.74. The molecule has 5 heteroatoms. The van der Waals surface area contributed by atoms with Crippen molar-refractivity contribution in [3.05, 3.63) is 22.8 Å². The van der Waals surface area contributed by atoms with Crippen molar-refractivity contribution in [2.24, 2.45) is 10.8 Å². The first kappa shape index (κ1) is 29.6. The van der Waals surface area contributed by atoms with Gasteiger partial charge in [0, 0.05) is 0 Å². The van der Waals surface area contributed by atoms with Crippen molar-refractivity contribution in [2.75, 3.05) is 14.2 Å². The average molecular weight is 347 g/mol. The summed E-state index contributed by atoms with van der Waals surface area (Å²) in [5, 5.41) is 24.8. The number of carboxylic acid groups (broad SMARTS) is 1. The van der Waals surface area contributed by atoms with E-state index in [-0.39, 0.29) is 27.1 Å². The third-order valence-corrected chi connectivity index (χ3v) is 3.20. The standard InChI is InChI=1S/C10H15.C5H10O2.2CH3O.Ti/c1-7-6-10(4,5)9(3)8(7)2;1-5(2,3)4(6)7;2*1-2;/h1-5H3;1-3H3,(H,6,7);2*1H3;/q-1;;2*-1;+3. The smallest absolute Gasteiger partial charge is 0.857 e. The van der Waals surface area contributed by atoms with Gasteiger partial charge in [-0.05, 0) is 20.8 Å². The maximum Gasteiger partial charge on any atom is 3.00 e. The van der Waals surface area contributed by atoms with Gasteiger partial charge in [0.1, 0.15) is 0 Å². The van der Waals surface area contributed by atoms with Gasteiger partial charge in [-0.15, -0.1) is 6.92 Å². The van der Waals surface area contributed by atoms with Crippen molar-refractivity contribution in [1.29, 1.82) is 0 Å². The summed E-state index contributed by atoms with van der Waals surface area (Å²) >= 11 is 0. The molecule has 0 bridgehead atoms. The molecule has 127 valence electrons. The molecular weight excluding hydrogens is 316 g/mol. The molecule has 0 amide bonds. The molecule has 4 nitrogen and oxygen atoms in total. The van der Waals surface area contributed by atoms with Gasteiger partial charge in [-0.2, -0.15) is 25.4 Å². The maximum absolute atomic E-state index is 10.0. The van der Waals surface area contributed by atoms with Crippen LogP contribution in [-0.2, 0) is 26.5 Å². The zero-order chi connectivity index (χ0) is 18.0. The fraction of sp³-hybridized carbons (Fsp3) is 0.706. The Balaban J connectivity index is -0.000000120. The van der Waals surface area contributed by atoms with Crippen molar-refractivity contribution in [3.8, 4) is 0 Å². The predicted molar refractivity (Wildman–Crippen MR) is 83.5 cm³/mol. The van der Waals surface area contributed by atoms with Crippen molar-refractivity contribution < 1.29 is 41.8 Å². The predicted octanol–water partition coefficient (Wildman–Crippen LogP) is 2.18. The number of hydrogen-bond donors (Lipinski definition) is 1. The summed E-state index contributed by atoms with van der Waals surface area (Å²) < 4.78 is 0. The van der Waals surface area contributed by atoms with E-state index in [4.69, 9.17) is 15.3 Å².